The van der Waals surface area contributed by atoms with E-state index in [4.69, 9.17) is 9.51 Å². The smallest absolute Gasteiger partial charge is 0.274 e. The first-order valence-corrected chi connectivity index (χ1v) is 10.8. The number of likely N-dealkylation sites (N-methyl/N-ethyl adjacent to an activating group) is 1. The van der Waals surface area contributed by atoms with E-state index in [1.54, 1.807) is 11.2 Å². The number of pyridine rings is 1. The third kappa shape index (κ3) is 4.43. The number of aromatic nitrogens is 3. The number of imidazole rings is 1. The molecule has 4 rings (SSSR count). The minimum absolute atomic E-state index is 0.0304. The second-order valence-electron chi connectivity index (χ2n) is 8.27. The number of nitrogens with zero attached hydrogens (tertiary/aromatic N) is 5. The van der Waals surface area contributed by atoms with Crippen LogP contribution in [0.25, 0.3) is 5.65 Å². The van der Waals surface area contributed by atoms with Gasteiger partial charge in [-0.05, 0) is 44.5 Å². The van der Waals surface area contributed by atoms with Crippen LogP contribution < -0.4 is 0 Å². The van der Waals surface area contributed by atoms with Crippen molar-refractivity contribution >= 4 is 11.6 Å². The molecule has 1 aromatic carbocycles. The molecule has 1 unspecified atom stereocenters. The highest BCUT2D eigenvalue weighted by Gasteiger charge is 2.25. The first-order valence-electron chi connectivity index (χ1n) is 10.8. The molecule has 0 bridgehead atoms. The standard InChI is InChI=1S/C25H29N5O2/c1-18-9-8-14-30-22(17-29(4)19(2)21-13-16-32-27-21)23(26-24(18)30)25(31)28(3)15-12-20-10-6-5-7-11-20/h5-11,13-14,16,19H,12,15,17H2,1-4H3. The highest BCUT2D eigenvalue weighted by atomic mass is 16.5. The molecule has 3 heterocycles. The topological polar surface area (TPSA) is 66.9 Å². The summed E-state index contributed by atoms with van der Waals surface area (Å²) in [6, 6.07) is 16.1. The third-order valence-corrected chi connectivity index (χ3v) is 6.02. The fourth-order valence-electron chi connectivity index (χ4n) is 3.84. The molecule has 7 nitrogen and oxygen atoms in total. The SMILES string of the molecule is Cc1cccn2c(CN(C)C(C)c3ccon3)c(C(=O)N(C)CCc3ccccc3)nc12. The van der Waals surface area contributed by atoms with Gasteiger partial charge < -0.3 is 13.8 Å². The number of aryl methyl sites for hydroxylation is 1. The van der Waals surface area contributed by atoms with Crippen molar-refractivity contribution in [3.05, 3.63) is 89.2 Å². The molecule has 1 atom stereocenters. The molecule has 7 heteroatoms. The number of carbonyl (C=O) groups excluding carboxylic acids is 1. The maximum Gasteiger partial charge on any atom is 0.274 e. The minimum Gasteiger partial charge on any atom is -0.364 e. The predicted molar refractivity (Wildman–Crippen MR) is 123 cm³/mol. The van der Waals surface area contributed by atoms with Gasteiger partial charge in [0.25, 0.3) is 5.91 Å². The van der Waals surface area contributed by atoms with Gasteiger partial charge in [0.05, 0.1) is 11.7 Å². The largest absolute Gasteiger partial charge is 0.364 e. The lowest BCUT2D eigenvalue weighted by Crippen LogP contribution is -2.31. The van der Waals surface area contributed by atoms with Crippen LogP contribution in [0.5, 0.6) is 0 Å². The summed E-state index contributed by atoms with van der Waals surface area (Å²) in [5, 5.41) is 4.07. The molecule has 166 valence electrons. The van der Waals surface area contributed by atoms with Crippen LogP contribution in [-0.4, -0.2) is 50.9 Å². The van der Waals surface area contributed by atoms with Gasteiger partial charge in [-0.25, -0.2) is 4.98 Å². The summed E-state index contributed by atoms with van der Waals surface area (Å²) in [4.78, 5) is 22.1. The van der Waals surface area contributed by atoms with Crippen LogP contribution in [-0.2, 0) is 13.0 Å². The van der Waals surface area contributed by atoms with Crippen molar-refractivity contribution in [3.8, 4) is 0 Å². The van der Waals surface area contributed by atoms with Gasteiger partial charge >= 0.3 is 0 Å². The summed E-state index contributed by atoms with van der Waals surface area (Å²) in [5.74, 6) is -0.0680. The summed E-state index contributed by atoms with van der Waals surface area (Å²) in [5.41, 5.74) is 5.27. The van der Waals surface area contributed by atoms with Crippen molar-refractivity contribution in [2.24, 2.45) is 0 Å². The average molecular weight is 432 g/mol. The zero-order chi connectivity index (χ0) is 22.7. The molecule has 0 aliphatic rings. The molecule has 0 saturated heterocycles. The Morgan fingerprint density at radius 1 is 1.12 bits per heavy atom. The molecule has 1 amide bonds. The summed E-state index contributed by atoms with van der Waals surface area (Å²) < 4.78 is 7.04. The highest BCUT2D eigenvalue weighted by Crippen LogP contribution is 2.23. The molecule has 4 aromatic rings. The lowest BCUT2D eigenvalue weighted by molar-refractivity contribution is 0.0788. The Hall–Kier alpha value is -3.45. The van der Waals surface area contributed by atoms with E-state index < -0.39 is 0 Å². The first-order chi connectivity index (χ1) is 15.5. The average Bonchev–Trinajstić information content (AvgIpc) is 3.47. The Morgan fingerprint density at radius 3 is 2.62 bits per heavy atom. The van der Waals surface area contributed by atoms with Gasteiger partial charge in [0.1, 0.15) is 17.6 Å². The molecule has 0 aliphatic heterocycles. The first kappa shape index (κ1) is 21.8. The van der Waals surface area contributed by atoms with Crippen LogP contribution in [0.15, 0.2) is 65.5 Å². The van der Waals surface area contributed by atoms with Gasteiger partial charge in [0.15, 0.2) is 5.69 Å². The molecule has 3 aromatic heterocycles. The number of amides is 1. The zero-order valence-corrected chi connectivity index (χ0v) is 19.0. The number of hydrogen-bond donors (Lipinski definition) is 0. The van der Waals surface area contributed by atoms with Gasteiger partial charge in [0.2, 0.25) is 0 Å². The summed E-state index contributed by atoms with van der Waals surface area (Å²) >= 11 is 0. The Bertz CT molecular complexity index is 1180. The quantitative estimate of drug-likeness (QED) is 0.419. The molecule has 0 radical (unpaired) electrons. The van der Waals surface area contributed by atoms with Gasteiger partial charge in [-0.3, -0.25) is 9.69 Å². The molecular weight excluding hydrogens is 402 g/mol. The number of hydrogen-bond acceptors (Lipinski definition) is 5. The van der Waals surface area contributed by atoms with Crippen molar-refractivity contribution in [1.29, 1.82) is 0 Å². The molecule has 0 fully saturated rings. The normalized spacial score (nSPS) is 12.4. The fraction of sp³-hybridized carbons (Fsp3) is 0.320. The van der Waals surface area contributed by atoms with E-state index in [0.29, 0.717) is 18.8 Å². The van der Waals surface area contributed by atoms with Crippen LogP contribution in [0.4, 0.5) is 0 Å². The van der Waals surface area contributed by atoms with E-state index in [2.05, 4.69) is 29.1 Å². The fourth-order valence-corrected chi connectivity index (χ4v) is 3.84. The molecule has 0 N–H and O–H groups in total. The van der Waals surface area contributed by atoms with Crippen molar-refractivity contribution < 1.29 is 9.32 Å². The number of fused-ring (bicyclic) bond motifs is 1. The van der Waals surface area contributed by atoms with E-state index >= 15 is 0 Å². The highest BCUT2D eigenvalue weighted by molar-refractivity contribution is 5.94. The van der Waals surface area contributed by atoms with Crippen LogP contribution in [0.1, 0.15) is 46.0 Å². The van der Waals surface area contributed by atoms with Crippen LogP contribution in [0.3, 0.4) is 0 Å². The van der Waals surface area contributed by atoms with Crippen LogP contribution >= 0.6 is 0 Å². The Labute approximate surface area is 188 Å². The van der Waals surface area contributed by atoms with E-state index in [1.807, 2.05) is 68.0 Å². The van der Waals surface area contributed by atoms with Gasteiger partial charge in [0, 0.05) is 32.4 Å². The van der Waals surface area contributed by atoms with Gasteiger partial charge in [-0.15, -0.1) is 0 Å². The van der Waals surface area contributed by atoms with Gasteiger partial charge in [-0.2, -0.15) is 0 Å². The van der Waals surface area contributed by atoms with Crippen molar-refractivity contribution in [3.63, 3.8) is 0 Å². The van der Waals surface area contributed by atoms with Crippen LogP contribution in [0, 0.1) is 6.92 Å². The molecule has 0 aliphatic carbocycles. The second-order valence-corrected chi connectivity index (χ2v) is 8.27. The number of carbonyl (C=O) groups is 1. The van der Waals surface area contributed by atoms with Gasteiger partial charge in [-0.1, -0.05) is 41.6 Å². The Kier molecular flexibility index (Phi) is 6.37. The zero-order valence-electron chi connectivity index (χ0n) is 19.0. The lowest BCUT2D eigenvalue weighted by atomic mass is 10.1. The van der Waals surface area contributed by atoms with Crippen LogP contribution in [0.2, 0.25) is 0 Å². The van der Waals surface area contributed by atoms with E-state index in [9.17, 15) is 4.79 Å². The lowest BCUT2D eigenvalue weighted by Gasteiger charge is -2.23. The third-order valence-electron chi connectivity index (χ3n) is 6.02. The Morgan fingerprint density at radius 2 is 1.91 bits per heavy atom. The predicted octanol–water partition coefficient (Wildman–Crippen LogP) is 4.14. The minimum atomic E-state index is -0.0680. The maximum absolute atomic E-state index is 13.5. The van der Waals surface area contributed by atoms with E-state index in [1.165, 1.54) is 5.56 Å². The molecular formula is C25H29N5O2. The Balaban J connectivity index is 1.61. The molecule has 0 spiro atoms. The number of benzene rings is 1. The monoisotopic (exact) mass is 431 g/mol. The molecule has 32 heavy (non-hydrogen) atoms. The van der Waals surface area contributed by atoms with E-state index in [-0.39, 0.29) is 11.9 Å². The summed E-state index contributed by atoms with van der Waals surface area (Å²) in [6.07, 6.45) is 4.35. The van der Waals surface area contributed by atoms with E-state index in [0.717, 1.165) is 29.0 Å². The summed E-state index contributed by atoms with van der Waals surface area (Å²) in [7, 11) is 3.86. The molecule has 0 saturated carbocycles. The maximum atomic E-state index is 13.5. The van der Waals surface area contributed by atoms with Crippen molar-refractivity contribution in [2.45, 2.75) is 32.9 Å². The number of rotatable bonds is 8. The summed E-state index contributed by atoms with van der Waals surface area (Å²) in [6.45, 7) is 5.26. The van der Waals surface area contributed by atoms with Crippen molar-refractivity contribution in [1.82, 2.24) is 24.3 Å². The second kappa shape index (κ2) is 9.36. The van der Waals surface area contributed by atoms with Crippen molar-refractivity contribution in [2.75, 3.05) is 20.6 Å².